The molecule has 4 rings (SSSR count). The predicted molar refractivity (Wildman–Crippen MR) is 129 cm³/mol. The highest BCUT2D eigenvalue weighted by Gasteiger charge is 2.53. The van der Waals surface area contributed by atoms with Crippen molar-refractivity contribution in [2.45, 2.75) is 64.8 Å². The molecule has 1 aliphatic heterocycles. The molecule has 7 nitrogen and oxygen atoms in total. The van der Waals surface area contributed by atoms with Gasteiger partial charge in [0.05, 0.1) is 0 Å². The number of imide groups is 1. The third-order valence-electron chi connectivity index (χ3n) is 7.42. The number of nitrogens with one attached hydrogen (secondary N) is 2. The van der Waals surface area contributed by atoms with Crippen molar-refractivity contribution in [3.05, 3.63) is 47.0 Å². The quantitative estimate of drug-likeness (QED) is 0.582. The van der Waals surface area contributed by atoms with Gasteiger partial charge in [0.2, 0.25) is 5.91 Å². The Labute approximate surface area is 199 Å². The first-order valence-electron chi connectivity index (χ1n) is 11.6. The summed E-state index contributed by atoms with van der Waals surface area (Å²) in [5.41, 5.74) is 0.530. The molecule has 1 saturated heterocycles. The van der Waals surface area contributed by atoms with Crippen LogP contribution in [0.4, 0.5) is 9.93 Å². The number of amides is 4. The van der Waals surface area contributed by atoms with Gasteiger partial charge in [-0.3, -0.25) is 14.5 Å². The summed E-state index contributed by atoms with van der Waals surface area (Å²) in [6.45, 7) is 6.43. The third-order valence-corrected chi connectivity index (χ3v) is 8.34. The molecule has 1 spiro atoms. The van der Waals surface area contributed by atoms with Gasteiger partial charge in [-0.25, -0.2) is 9.78 Å². The van der Waals surface area contributed by atoms with E-state index >= 15 is 0 Å². The smallest absolute Gasteiger partial charge is 0.323 e. The molecular formula is C25H32N4O3S. The fraction of sp³-hybridized carbons (Fsp3) is 0.520. The Hall–Kier alpha value is -2.74. The number of urea groups is 1. The van der Waals surface area contributed by atoms with Gasteiger partial charge in [-0.2, -0.15) is 0 Å². The lowest BCUT2D eigenvalue weighted by Crippen LogP contribution is -2.51. The maximum absolute atomic E-state index is 13.2. The topological polar surface area (TPSA) is 91.4 Å². The summed E-state index contributed by atoms with van der Waals surface area (Å²) >= 11 is 1.39. The first-order chi connectivity index (χ1) is 15.7. The third kappa shape index (κ3) is 4.95. The second kappa shape index (κ2) is 9.25. The largest absolute Gasteiger partial charge is 0.325 e. The fourth-order valence-electron chi connectivity index (χ4n) is 4.89. The first-order valence-corrected chi connectivity index (χ1v) is 12.5. The van der Waals surface area contributed by atoms with Crippen LogP contribution in [-0.4, -0.2) is 39.8 Å². The van der Waals surface area contributed by atoms with Crippen molar-refractivity contribution in [1.29, 1.82) is 0 Å². The van der Waals surface area contributed by atoms with E-state index < -0.39 is 17.5 Å². The molecule has 1 saturated carbocycles. The van der Waals surface area contributed by atoms with E-state index in [1.165, 1.54) is 16.9 Å². The van der Waals surface area contributed by atoms with Crippen molar-refractivity contribution in [3.8, 4) is 0 Å². The van der Waals surface area contributed by atoms with Crippen LogP contribution in [0.15, 0.2) is 36.5 Å². The molecule has 1 aromatic heterocycles. The van der Waals surface area contributed by atoms with Gasteiger partial charge >= 0.3 is 6.03 Å². The zero-order chi connectivity index (χ0) is 23.6. The van der Waals surface area contributed by atoms with Crippen LogP contribution in [0, 0.1) is 11.3 Å². The van der Waals surface area contributed by atoms with Crippen molar-refractivity contribution in [1.82, 2.24) is 15.2 Å². The molecule has 0 bridgehead atoms. The normalized spacial score (nSPS) is 23.1. The molecule has 2 N–H and O–H groups in total. The van der Waals surface area contributed by atoms with E-state index in [9.17, 15) is 14.4 Å². The van der Waals surface area contributed by atoms with Crippen molar-refractivity contribution < 1.29 is 14.4 Å². The van der Waals surface area contributed by atoms with E-state index in [0.29, 0.717) is 23.9 Å². The van der Waals surface area contributed by atoms with Gasteiger partial charge in [0, 0.05) is 17.5 Å². The summed E-state index contributed by atoms with van der Waals surface area (Å²) in [4.78, 5) is 44.7. The maximum Gasteiger partial charge on any atom is 0.325 e. The predicted octanol–water partition coefficient (Wildman–Crippen LogP) is 4.59. The number of thiazole rings is 1. The Bertz CT molecular complexity index is 1030. The average Bonchev–Trinajstić information content (AvgIpc) is 3.32. The number of nitrogens with zero attached hydrogens (tertiary/aromatic N) is 2. The second-order valence-corrected chi connectivity index (χ2v) is 11.0. The lowest BCUT2D eigenvalue weighted by Gasteiger charge is -2.42. The molecular weight excluding hydrogens is 436 g/mol. The van der Waals surface area contributed by atoms with Crippen LogP contribution in [-0.2, 0) is 16.0 Å². The minimum Gasteiger partial charge on any atom is -0.323 e. The summed E-state index contributed by atoms with van der Waals surface area (Å²) in [5, 5.41) is 6.11. The fourth-order valence-corrected chi connectivity index (χ4v) is 5.75. The molecule has 33 heavy (non-hydrogen) atoms. The zero-order valence-corrected chi connectivity index (χ0v) is 20.3. The second-order valence-electron chi connectivity index (χ2n) is 9.86. The summed E-state index contributed by atoms with van der Waals surface area (Å²) in [6, 6.07) is 9.55. The molecule has 2 heterocycles. The molecule has 1 aliphatic carbocycles. The number of rotatable bonds is 7. The number of carbonyl (C=O) groups is 3. The van der Waals surface area contributed by atoms with E-state index in [4.69, 9.17) is 0 Å². The van der Waals surface area contributed by atoms with Gasteiger partial charge in [0.1, 0.15) is 12.1 Å². The average molecular weight is 469 g/mol. The van der Waals surface area contributed by atoms with Gasteiger partial charge in [0.15, 0.2) is 5.13 Å². The highest BCUT2D eigenvalue weighted by atomic mass is 32.1. The van der Waals surface area contributed by atoms with E-state index in [0.717, 1.165) is 35.5 Å². The van der Waals surface area contributed by atoms with Gasteiger partial charge in [0.25, 0.3) is 5.91 Å². The minimum absolute atomic E-state index is 0.222. The van der Waals surface area contributed by atoms with Gasteiger partial charge in [-0.15, -0.1) is 11.3 Å². The monoisotopic (exact) mass is 468 g/mol. The van der Waals surface area contributed by atoms with Crippen LogP contribution in [0.1, 0.15) is 63.3 Å². The zero-order valence-electron chi connectivity index (χ0n) is 19.5. The van der Waals surface area contributed by atoms with Crippen LogP contribution in [0.5, 0.6) is 0 Å². The molecule has 4 amide bonds. The van der Waals surface area contributed by atoms with Crippen LogP contribution >= 0.6 is 11.3 Å². The Morgan fingerprint density at radius 2 is 1.94 bits per heavy atom. The number of anilines is 1. The molecule has 2 fully saturated rings. The van der Waals surface area contributed by atoms with Gasteiger partial charge < -0.3 is 10.6 Å². The number of carbonyl (C=O) groups excluding carboxylic acids is 3. The molecule has 2 aromatic rings. The summed E-state index contributed by atoms with van der Waals surface area (Å²) in [6.07, 6.45) is 6.61. The van der Waals surface area contributed by atoms with Crippen molar-refractivity contribution in [3.63, 3.8) is 0 Å². The molecule has 0 radical (unpaired) electrons. The Morgan fingerprint density at radius 3 is 2.61 bits per heavy atom. The standard InChI is InChI=1S/C25H32N4O3S/c1-4-24(2,3)18-10-12-25(13-11-18)21(31)29(23(32)28-25)16-20(30)27-22-26-15-19(33-22)14-17-8-6-5-7-9-17/h5-9,15,18H,4,10-14,16H2,1-3H3,(H,28,32)(H,26,27,30). The molecule has 176 valence electrons. The number of benzene rings is 1. The first kappa shape index (κ1) is 23.4. The Balaban J connectivity index is 1.33. The summed E-state index contributed by atoms with van der Waals surface area (Å²) in [7, 11) is 0. The Kier molecular flexibility index (Phi) is 6.56. The summed E-state index contributed by atoms with van der Waals surface area (Å²) < 4.78 is 0. The van der Waals surface area contributed by atoms with Crippen LogP contribution in [0.25, 0.3) is 0 Å². The highest BCUT2D eigenvalue weighted by Crippen LogP contribution is 2.45. The van der Waals surface area contributed by atoms with E-state index in [2.05, 4.69) is 36.4 Å². The molecule has 8 heteroatoms. The maximum atomic E-state index is 13.2. The van der Waals surface area contributed by atoms with Crippen LogP contribution < -0.4 is 10.6 Å². The van der Waals surface area contributed by atoms with Crippen LogP contribution in [0.2, 0.25) is 0 Å². The SMILES string of the molecule is CCC(C)(C)C1CCC2(CC1)NC(=O)N(CC(=O)Nc1ncc(Cc3ccccc3)s1)C2=O. The van der Waals surface area contributed by atoms with Crippen molar-refractivity contribution >= 4 is 34.3 Å². The van der Waals surface area contributed by atoms with Gasteiger partial charge in [-0.05, 0) is 42.6 Å². The number of hydrogen-bond donors (Lipinski definition) is 2. The van der Waals surface area contributed by atoms with Crippen molar-refractivity contribution in [2.24, 2.45) is 11.3 Å². The summed E-state index contributed by atoms with van der Waals surface area (Å²) in [5.74, 6) is -0.165. The van der Waals surface area contributed by atoms with E-state index in [1.807, 2.05) is 30.3 Å². The molecule has 0 unspecified atom stereocenters. The van der Waals surface area contributed by atoms with E-state index in [-0.39, 0.29) is 17.9 Å². The Morgan fingerprint density at radius 1 is 1.24 bits per heavy atom. The van der Waals surface area contributed by atoms with Gasteiger partial charge in [-0.1, -0.05) is 57.5 Å². The lowest BCUT2D eigenvalue weighted by molar-refractivity contribution is -0.135. The highest BCUT2D eigenvalue weighted by molar-refractivity contribution is 7.15. The lowest BCUT2D eigenvalue weighted by atomic mass is 9.65. The number of hydrogen-bond acceptors (Lipinski definition) is 5. The minimum atomic E-state index is -0.859. The van der Waals surface area contributed by atoms with Crippen molar-refractivity contribution in [2.75, 3.05) is 11.9 Å². The molecule has 1 aromatic carbocycles. The molecule has 2 aliphatic rings. The van der Waals surface area contributed by atoms with Crippen LogP contribution in [0.3, 0.4) is 0 Å². The number of aromatic nitrogens is 1. The van der Waals surface area contributed by atoms with E-state index in [1.54, 1.807) is 6.20 Å². The molecule has 0 atom stereocenters.